The fourth-order valence-corrected chi connectivity index (χ4v) is 7.20. The molecule has 4 atom stereocenters. The maximum absolute atomic E-state index is 10.8. The number of ether oxygens (including phenoxy) is 3. The van der Waals surface area contributed by atoms with Crippen LogP contribution < -0.4 is 14.2 Å². The van der Waals surface area contributed by atoms with Gasteiger partial charge in [0.25, 0.3) is 0 Å². The van der Waals surface area contributed by atoms with Crippen LogP contribution in [-0.2, 0) is 6.42 Å². The second kappa shape index (κ2) is 10.6. The molecule has 5 nitrogen and oxygen atoms in total. The van der Waals surface area contributed by atoms with E-state index in [4.69, 9.17) is 14.2 Å². The molecular weight excluding hydrogens is 470 g/mol. The number of aliphatic hydroxyl groups excluding tert-OH is 1. The lowest BCUT2D eigenvalue weighted by molar-refractivity contribution is 0.0382. The Morgan fingerprint density at radius 2 is 2.03 bits per heavy atom. The number of likely N-dealkylation sites (tertiary alicyclic amines) is 1. The summed E-state index contributed by atoms with van der Waals surface area (Å²) in [4.78, 5) is 3.85. The highest BCUT2D eigenvalue weighted by Crippen LogP contribution is 2.44. The summed E-state index contributed by atoms with van der Waals surface area (Å²) in [7, 11) is 1.74. The number of nitrogens with zero attached hydrogens (tertiary/aromatic N) is 1. The first kappa shape index (κ1) is 25.4. The highest BCUT2D eigenvalue weighted by molar-refractivity contribution is 7.19. The van der Waals surface area contributed by atoms with E-state index < -0.39 is 6.10 Å². The zero-order valence-corrected chi connectivity index (χ0v) is 22.8. The molecule has 0 saturated carbocycles. The molecule has 6 heteroatoms. The summed E-state index contributed by atoms with van der Waals surface area (Å²) in [6.45, 7) is 8.52. The van der Waals surface area contributed by atoms with Crippen LogP contribution in [0.2, 0.25) is 0 Å². The molecule has 1 fully saturated rings. The average molecular weight is 510 g/mol. The molecule has 0 radical (unpaired) electrons. The molecule has 1 aromatic heterocycles. The Morgan fingerprint density at radius 3 is 2.81 bits per heavy atom. The van der Waals surface area contributed by atoms with E-state index in [-0.39, 0.29) is 12.2 Å². The smallest absolute Gasteiger partial charge is 0.165 e. The highest BCUT2D eigenvalue weighted by Gasteiger charge is 2.36. The quantitative estimate of drug-likeness (QED) is 0.361. The fraction of sp³-hybridized carbons (Fsp3) is 0.533. The summed E-state index contributed by atoms with van der Waals surface area (Å²) in [6.07, 6.45) is 4.67. The molecule has 3 aromatic rings. The molecule has 0 spiro atoms. The van der Waals surface area contributed by atoms with Crippen LogP contribution in [0.25, 0.3) is 10.1 Å². The molecule has 0 bridgehead atoms. The number of methoxy groups -OCH3 is 1. The number of β-amino-alcohol motifs (C(OH)–C–C–N with tert-alkyl or cyclic N) is 1. The van der Waals surface area contributed by atoms with Gasteiger partial charge in [-0.2, -0.15) is 0 Å². The zero-order valence-electron chi connectivity index (χ0n) is 22.0. The van der Waals surface area contributed by atoms with Crippen LogP contribution in [0.5, 0.6) is 17.2 Å². The molecule has 5 rings (SSSR count). The van der Waals surface area contributed by atoms with Gasteiger partial charge in [0.05, 0.1) is 7.11 Å². The number of thiophene rings is 1. The van der Waals surface area contributed by atoms with Gasteiger partial charge in [0.2, 0.25) is 0 Å². The van der Waals surface area contributed by atoms with E-state index in [0.29, 0.717) is 18.5 Å². The normalized spacial score (nSPS) is 24.9. The molecule has 194 valence electrons. The monoisotopic (exact) mass is 509 g/mol. The van der Waals surface area contributed by atoms with Gasteiger partial charge in [-0.25, -0.2) is 0 Å². The summed E-state index contributed by atoms with van der Waals surface area (Å²) < 4.78 is 19.3. The molecule has 2 aromatic carbocycles. The van der Waals surface area contributed by atoms with Crippen molar-refractivity contribution in [2.75, 3.05) is 26.8 Å². The van der Waals surface area contributed by atoms with Crippen LogP contribution in [0.15, 0.2) is 42.5 Å². The molecule has 36 heavy (non-hydrogen) atoms. The standard InChI is InChI=1S/C30H39NO4S/c1-5-13-30(3)17-22-8-6-10-26(29(22)35-30)34-19-23(32)18-31-14-12-21(15-20(31)2)28-16-24-25(33-4)9-7-11-27(24)36-28/h6-11,16,20-21,23,32H,5,12-15,17-19H2,1-4H3/t20?,21-,23?,30?/m0/s1. The molecule has 2 aliphatic heterocycles. The minimum absolute atomic E-state index is 0.158. The lowest BCUT2D eigenvalue weighted by Gasteiger charge is -2.38. The lowest BCUT2D eigenvalue weighted by Crippen LogP contribution is -2.45. The number of rotatable bonds is 9. The predicted octanol–water partition coefficient (Wildman–Crippen LogP) is 6.41. The number of aliphatic hydroxyl groups is 1. The van der Waals surface area contributed by atoms with Gasteiger partial charge in [-0.1, -0.05) is 31.5 Å². The van der Waals surface area contributed by atoms with Crippen molar-refractivity contribution in [3.8, 4) is 17.2 Å². The van der Waals surface area contributed by atoms with Gasteiger partial charge in [0.1, 0.15) is 24.1 Å². The van der Waals surface area contributed by atoms with Crippen molar-refractivity contribution in [2.45, 2.75) is 76.5 Å². The van der Waals surface area contributed by atoms with E-state index in [1.807, 2.05) is 29.5 Å². The van der Waals surface area contributed by atoms with Crippen LogP contribution in [0, 0.1) is 0 Å². The van der Waals surface area contributed by atoms with Crippen molar-refractivity contribution in [3.05, 3.63) is 52.9 Å². The number of hydrogen-bond acceptors (Lipinski definition) is 6. The summed E-state index contributed by atoms with van der Waals surface area (Å²) in [5, 5.41) is 12.0. The van der Waals surface area contributed by atoms with Crippen molar-refractivity contribution in [1.82, 2.24) is 4.90 Å². The zero-order chi connectivity index (χ0) is 25.3. The molecule has 2 aliphatic rings. The van der Waals surface area contributed by atoms with Gasteiger partial charge >= 0.3 is 0 Å². The third-order valence-corrected chi connectivity index (χ3v) is 9.07. The van der Waals surface area contributed by atoms with E-state index in [2.05, 4.69) is 49.9 Å². The maximum Gasteiger partial charge on any atom is 0.165 e. The highest BCUT2D eigenvalue weighted by atomic mass is 32.1. The van der Waals surface area contributed by atoms with Crippen LogP contribution in [0.4, 0.5) is 0 Å². The largest absolute Gasteiger partial charge is 0.496 e. The van der Waals surface area contributed by atoms with Gasteiger partial charge in [0.15, 0.2) is 11.5 Å². The van der Waals surface area contributed by atoms with Crippen molar-refractivity contribution in [1.29, 1.82) is 0 Å². The van der Waals surface area contributed by atoms with Gasteiger partial charge in [-0.05, 0) is 69.8 Å². The number of hydrogen-bond donors (Lipinski definition) is 1. The molecule has 0 aliphatic carbocycles. The second-order valence-corrected chi connectivity index (χ2v) is 11.9. The van der Waals surface area contributed by atoms with E-state index in [1.165, 1.54) is 20.5 Å². The third-order valence-electron chi connectivity index (χ3n) is 7.81. The van der Waals surface area contributed by atoms with Gasteiger partial charge < -0.3 is 19.3 Å². The topological polar surface area (TPSA) is 51.2 Å². The summed E-state index contributed by atoms with van der Waals surface area (Å²) in [5.74, 6) is 3.11. The van der Waals surface area contributed by atoms with Gasteiger partial charge in [-0.3, -0.25) is 4.90 Å². The Labute approximate surface area is 219 Å². The SMILES string of the molecule is CCCC1(C)Cc2cccc(OCC(O)CN3CC[C@H](c4cc5c(OC)cccc5s4)CC3C)c2O1. The Balaban J connectivity index is 1.16. The molecule has 3 unspecified atom stereocenters. The van der Waals surface area contributed by atoms with E-state index in [0.717, 1.165) is 55.9 Å². The minimum atomic E-state index is -0.545. The molecule has 3 heterocycles. The molecule has 1 saturated heterocycles. The summed E-state index contributed by atoms with van der Waals surface area (Å²) >= 11 is 1.89. The molecular formula is C30H39NO4S. The van der Waals surface area contributed by atoms with Crippen molar-refractivity contribution >= 4 is 21.4 Å². The Kier molecular flexibility index (Phi) is 7.47. The average Bonchev–Trinajstić information content (AvgIpc) is 3.45. The van der Waals surface area contributed by atoms with Crippen LogP contribution in [-0.4, -0.2) is 54.6 Å². The van der Waals surface area contributed by atoms with Crippen LogP contribution in [0.1, 0.15) is 62.8 Å². The van der Waals surface area contributed by atoms with Gasteiger partial charge in [0, 0.05) is 39.5 Å². The Bertz CT molecular complexity index is 1190. The number of para-hydroxylation sites is 1. The summed E-state index contributed by atoms with van der Waals surface area (Å²) in [5.41, 5.74) is 1.04. The third kappa shape index (κ3) is 5.22. The summed E-state index contributed by atoms with van der Waals surface area (Å²) in [6, 6.07) is 15.1. The van der Waals surface area contributed by atoms with E-state index in [9.17, 15) is 5.11 Å². The Hall–Kier alpha value is -2.28. The fourth-order valence-electron chi connectivity index (χ4n) is 5.98. The molecule has 1 N–H and O–H groups in total. The van der Waals surface area contributed by atoms with E-state index >= 15 is 0 Å². The second-order valence-electron chi connectivity index (χ2n) is 10.8. The first-order valence-electron chi connectivity index (χ1n) is 13.3. The maximum atomic E-state index is 10.8. The van der Waals surface area contributed by atoms with Crippen molar-refractivity contribution in [3.63, 3.8) is 0 Å². The number of piperidine rings is 1. The van der Waals surface area contributed by atoms with E-state index in [1.54, 1.807) is 7.11 Å². The first-order valence-corrected chi connectivity index (χ1v) is 14.1. The van der Waals surface area contributed by atoms with Gasteiger partial charge in [-0.15, -0.1) is 11.3 Å². The first-order chi connectivity index (χ1) is 17.4. The van der Waals surface area contributed by atoms with Crippen LogP contribution >= 0.6 is 11.3 Å². The number of fused-ring (bicyclic) bond motifs is 2. The predicted molar refractivity (Wildman–Crippen MR) is 147 cm³/mol. The number of benzene rings is 2. The Morgan fingerprint density at radius 1 is 1.22 bits per heavy atom. The molecule has 0 amide bonds. The minimum Gasteiger partial charge on any atom is -0.496 e. The van der Waals surface area contributed by atoms with Crippen LogP contribution in [0.3, 0.4) is 0 Å². The lowest BCUT2D eigenvalue weighted by atomic mass is 9.90. The van der Waals surface area contributed by atoms with Crippen molar-refractivity contribution < 1.29 is 19.3 Å². The van der Waals surface area contributed by atoms with Crippen molar-refractivity contribution in [2.24, 2.45) is 0 Å².